The Labute approximate surface area is 217 Å². The highest BCUT2D eigenvalue weighted by molar-refractivity contribution is 5.74. The van der Waals surface area contributed by atoms with Crippen LogP contribution >= 0.6 is 0 Å². The van der Waals surface area contributed by atoms with Crippen molar-refractivity contribution in [2.24, 2.45) is 29.6 Å². The van der Waals surface area contributed by atoms with E-state index in [-0.39, 0.29) is 12.0 Å². The summed E-state index contributed by atoms with van der Waals surface area (Å²) in [6.45, 7) is 5.49. The number of hydrogen-bond acceptors (Lipinski definition) is 5. The number of hydrogen-bond donors (Lipinski definition) is 3. The van der Waals surface area contributed by atoms with Crippen molar-refractivity contribution < 1.29 is 15.0 Å². The van der Waals surface area contributed by atoms with Gasteiger partial charge in [-0.05, 0) is 74.7 Å². The summed E-state index contributed by atoms with van der Waals surface area (Å²) in [5, 5.41) is 26.1. The van der Waals surface area contributed by atoms with Crippen molar-refractivity contribution in [2.45, 2.75) is 114 Å². The fourth-order valence-corrected chi connectivity index (χ4v) is 9.19. The lowest BCUT2D eigenvalue weighted by Crippen LogP contribution is -2.52. The third kappa shape index (κ3) is 4.48. The molecule has 3 aliphatic heterocycles. The van der Waals surface area contributed by atoms with Crippen molar-refractivity contribution in [3.05, 3.63) is 35.4 Å². The van der Waals surface area contributed by atoms with Crippen molar-refractivity contribution in [3.63, 3.8) is 0 Å². The second-order valence-electron chi connectivity index (χ2n) is 13.4. The molecule has 1 unspecified atom stereocenters. The molecule has 36 heavy (non-hydrogen) atoms. The average Bonchev–Trinajstić information content (AvgIpc) is 3.30. The van der Waals surface area contributed by atoms with E-state index in [2.05, 4.69) is 36.2 Å². The molecule has 5 heteroatoms. The molecule has 0 radical (unpaired) electrons. The maximum atomic E-state index is 11.8. The van der Waals surface area contributed by atoms with Gasteiger partial charge in [0.15, 0.2) is 0 Å². The molecule has 3 saturated heterocycles. The van der Waals surface area contributed by atoms with Crippen LogP contribution in [0.2, 0.25) is 0 Å². The smallest absolute Gasteiger partial charge is 0.150 e. The zero-order chi connectivity index (χ0) is 25.0. The number of carbonyl (C=O) groups excluding carboxylic acids is 1. The minimum atomic E-state index is -0.667. The Bertz CT molecular complexity index is 934. The number of piperidine rings is 2. The fourth-order valence-electron chi connectivity index (χ4n) is 9.19. The number of carbonyl (C=O) groups is 1. The van der Waals surface area contributed by atoms with Gasteiger partial charge in [0.1, 0.15) is 12.0 Å². The SMILES string of the molecule is CC(C)C[C@H]1CCC[C@H]([C@H](c2ccc(C=O)cc2)[C@H]2C[C@@H]([C@@H]3CC[C@H]4[C@@H](O)CC[C@H]4N3)[C@@]3(O)CN23)C1. The Kier molecular flexibility index (Phi) is 6.81. The normalized spacial score (nSPS) is 44.8. The summed E-state index contributed by atoms with van der Waals surface area (Å²) < 4.78 is 0. The number of rotatable bonds is 7. The molecular formula is C31H46N2O3. The van der Waals surface area contributed by atoms with Crippen LogP contribution in [0.5, 0.6) is 0 Å². The quantitative estimate of drug-likeness (QED) is 0.378. The Morgan fingerprint density at radius 1 is 1.06 bits per heavy atom. The predicted octanol–water partition coefficient (Wildman–Crippen LogP) is 4.72. The van der Waals surface area contributed by atoms with Crippen LogP contribution in [0, 0.1) is 29.6 Å². The molecule has 3 N–H and O–H groups in total. The minimum Gasteiger partial charge on any atom is -0.393 e. The van der Waals surface area contributed by atoms with E-state index >= 15 is 0 Å². The van der Waals surface area contributed by atoms with Gasteiger partial charge in [-0.25, -0.2) is 0 Å². The number of aldehydes is 1. The van der Waals surface area contributed by atoms with Gasteiger partial charge in [0.05, 0.1) is 6.10 Å². The lowest BCUT2D eigenvalue weighted by Gasteiger charge is -2.41. The summed E-state index contributed by atoms with van der Waals surface area (Å²) >= 11 is 0. The van der Waals surface area contributed by atoms with E-state index in [4.69, 9.17) is 0 Å². The standard InChI is InChI=1S/C31H46N2O3/c1-19(2)14-21-4-3-5-23(15-21)30(22-8-6-20(17-34)7-9-22)28-16-25(31(36)18-33(28)31)27-11-10-24-26(32-27)12-13-29(24)35/h6-9,17,19,21,23-30,32,35-36H,3-5,10-16,18H2,1-2H3/t21-,23+,24-,25+,26-,27+,28-,29+,30+,31+,33?/m1/s1. The van der Waals surface area contributed by atoms with E-state index in [0.29, 0.717) is 35.9 Å². The first-order valence-corrected chi connectivity index (χ1v) is 14.9. The van der Waals surface area contributed by atoms with E-state index in [1.165, 1.54) is 37.7 Å². The van der Waals surface area contributed by atoms with Crippen LogP contribution in [0.15, 0.2) is 24.3 Å². The number of fused-ring (bicyclic) bond motifs is 2. The largest absolute Gasteiger partial charge is 0.393 e. The molecule has 6 rings (SSSR count). The summed E-state index contributed by atoms with van der Waals surface area (Å²) in [6, 6.07) is 9.47. The second kappa shape index (κ2) is 9.80. The third-order valence-corrected chi connectivity index (χ3v) is 10.8. The number of benzene rings is 1. The van der Waals surface area contributed by atoms with Crippen molar-refractivity contribution in [1.29, 1.82) is 0 Å². The maximum absolute atomic E-state index is 11.8. The number of nitrogens with one attached hydrogen (secondary N) is 1. The Hall–Kier alpha value is -1.27. The van der Waals surface area contributed by atoms with Crippen LogP contribution in [0.3, 0.4) is 0 Å². The van der Waals surface area contributed by atoms with Gasteiger partial charge >= 0.3 is 0 Å². The molecule has 0 bridgehead atoms. The van der Waals surface area contributed by atoms with E-state index in [0.717, 1.165) is 62.3 Å². The highest BCUT2D eigenvalue weighted by atomic mass is 16.3. The molecule has 5 fully saturated rings. The highest BCUT2D eigenvalue weighted by Crippen LogP contribution is 2.57. The van der Waals surface area contributed by atoms with Gasteiger partial charge in [0.25, 0.3) is 0 Å². The lowest BCUT2D eigenvalue weighted by molar-refractivity contribution is 0.0242. The van der Waals surface area contributed by atoms with Crippen LogP contribution in [0.25, 0.3) is 0 Å². The van der Waals surface area contributed by atoms with E-state index < -0.39 is 5.72 Å². The highest BCUT2D eigenvalue weighted by Gasteiger charge is 2.68. The zero-order valence-electron chi connectivity index (χ0n) is 22.2. The van der Waals surface area contributed by atoms with Gasteiger partial charge in [-0.1, -0.05) is 51.0 Å². The molecular weight excluding hydrogens is 448 g/mol. The van der Waals surface area contributed by atoms with E-state index in [1.54, 1.807) is 0 Å². The molecule has 0 amide bonds. The van der Waals surface area contributed by atoms with Crippen molar-refractivity contribution in [1.82, 2.24) is 10.2 Å². The molecule has 198 valence electrons. The maximum Gasteiger partial charge on any atom is 0.150 e. The van der Waals surface area contributed by atoms with Gasteiger partial charge < -0.3 is 15.5 Å². The van der Waals surface area contributed by atoms with Crippen LogP contribution < -0.4 is 5.32 Å². The number of aliphatic hydroxyl groups is 2. The van der Waals surface area contributed by atoms with Crippen LogP contribution in [0.4, 0.5) is 0 Å². The average molecular weight is 495 g/mol. The predicted molar refractivity (Wildman–Crippen MR) is 142 cm³/mol. The monoisotopic (exact) mass is 494 g/mol. The molecule has 3 heterocycles. The molecule has 1 aromatic carbocycles. The fraction of sp³-hybridized carbons (Fsp3) is 0.774. The van der Waals surface area contributed by atoms with Crippen LogP contribution in [-0.4, -0.2) is 57.9 Å². The third-order valence-electron chi connectivity index (χ3n) is 10.8. The minimum absolute atomic E-state index is 0.149. The first-order valence-electron chi connectivity index (χ1n) is 14.9. The Morgan fingerprint density at radius 2 is 1.83 bits per heavy atom. The molecule has 1 aromatic rings. The molecule has 2 aliphatic carbocycles. The van der Waals surface area contributed by atoms with Gasteiger partial charge in [-0.3, -0.25) is 9.69 Å². The summed E-state index contributed by atoms with van der Waals surface area (Å²) in [6.07, 6.45) is 12.5. The van der Waals surface area contributed by atoms with Gasteiger partial charge in [-0.2, -0.15) is 0 Å². The Balaban J connectivity index is 1.25. The van der Waals surface area contributed by atoms with Gasteiger partial charge in [0.2, 0.25) is 0 Å². The number of aliphatic hydroxyl groups excluding tert-OH is 1. The molecule has 0 spiro atoms. The molecule has 0 aromatic heterocycles. The van der Waals surface area contributed by atoms with Gasteiger partial charge in [-0.15, -0.1) is 0 Å². The van der Waals surface area contributed by atoms with Crippen LogP contribution in [-0.2, 0) is 0 Å². The van der Waals surface area contributed by atoms with E-state index in [1.807, 2.05) is 12.1 Å². The van der Waals surface area contributed by atoms with Crippen molar-refractivity contribution in [2.75, 3.05) is 6.54 Å². The molecule has 11 atom stereocenters. The van der Waals surface area contributed by atoms with Crippen LogP contribution in [0.1, 0.15) is 99.9 Å². The lowest BCUT2D eigenvalue weighted by atomic mass is 9.67. The second-order valence-corrected chi connectivity index (χ2v) is 13.4. The number of nitrogens with zero attached hydrogens (tertiary/aromatic N) is 1. The zero-order valence-corrected chi connectivity index (χ0v) is 22.2. The van der Waals surface area contributed by atoms with E-state index in [9.17, 15) is 15.0 Å². The summed E-state index contributed by atoms with van der Waals surface area (Å²) in [4.78, 5) is 13.8. The van der Waals surface area contributed by atoms with Crippen molar-refractivity contribution >= 4 is 6.29 Å². The first-order chi connectivity index (χ1) is 17.4. The molecule has 5 aliphatic rings. The first kappa shape index (κ1) is 25.0. The molecule has 5 nitrogen and oxygen atoms in total. The van der Waals surface area contributed by atoms with Crippen molar-refractivity contribution in [3.8, 4) is 0 Å². The topological polar surface area (TPSA) is 72.6 Å². The molecule has 2 saturated carbocycles. The summed E-state index contributed by atoms with van der Waals surface area (Å²) in [5.74, 6) is 3.23. The summed E-state index contributed by atoms with van der Waals surface area (Å²) in [5.41, 5.74) is 1.43. The summed E-state index contributed by atoms with van der Waals surface area (Å²) in [7, 11) is 0. The van der Waals surface area contributed by atoms with Gasteiger partial charge in [0, 0.05) is 48.0 Å². The Morgan fingerprint density at radius 3 is 2.58 bits per heavy atom.